The number of benzene rings is 2. The van der Waals surface area contributed by atoms with Crippen LogP contribution in [-0.4, -0.2) is 17.9 Å². The van der Waals surface area contributed by atoms with Gasteiger partial charge >= 0.3 is 0 Å². The Hall–Kier alpha value is -3.67. The fourth-order valence-corrected chi connectivity index (χ4v) is 3.01. The Bertz CT molecular complexity index is 1050. The van der Waals surface area contributed by atoms with Crippen LogP contribution in [0.3, 0.4) is 0 Å². The van der Waals surface area contributed by atoms with E-state index in [-0.39, 0.29) is 11.6 Å². The van der Waals surface area contributed by atoms with E-state index in [0.717, 1.165) is 16.8 Å². The highest BCUT2D eigenvalue weighted by molar-refractivity contribution is 6.35. The summed E-state index contributed by atoms with van der Waals surface area (Å²) < 4.78 is 5.81. The number of amides is 1. The third-order valence-electron chi connectivity index (χ3n) is 4.37. The highest BCUT2D eigenvalue weighted by Crippen LogP contribution is 2.37. The van der Waals surface area contributed by atoms with Crippen LogP contribution in [0.4, 0.5) is 11.4 Å². The molecule has 0 saturated heterocycles. The van der Waals surface area contributed by atoms with Crippen molar-refractivity contribution in [3.8, 4) is 11.3 Å². The molecule has 0 radical (unpaired) electrons. The average molecular weight is 346 g/mol. The van der Waals surface area contributed by atoms with Gasteiger partial charge in [-0.3, -0.25) is 14.9 Å². The molecule has 26 heavy (non-hydrogen) atoms. The average Bonchev–Trinajstić information content (AvgIpc) is 3.22. The lowest BCUT2D eigenvalue weighted by molar-refractivity contribution is -0.384. The van der Waals surface area contributed by atoms with Gasteiger partial charge in [-0.2, -0.15) is 0 Å². The van der Waals surface area contributed by atoms with Gasteiger partial charge in [0.2, 0.25) is 0 Å². The second kappa shape index (κ2) is 6.00. The molecule has 1 aliphatic heterocycles. The lowest BCUT2D eigenvalue weighted by atomic mass is 10.1. The second-order valence-corrected chi connectivity index (χ2v) is 5.95. The summed E-state index contributed by atoms with van der Waals surface area (Å²) in [4.78, 5) is 24.4. The van der Waals surface area contributed by atoms with Gasteiger partial charge < -0.3 is 9.32 Å². The fraction of sp³-hybridized carbons (Fsp3) is 0.0500. The number of carbonyl (C=O) groups excluding carboxylic acids is 1. The van der Waals surface area contributed by atoms with E-state index >= 15 is 0 Å². The number of anilines is 1. The first-order chi connectivity index (χ1) is 12.5. The van der Waals surface area contributed by atoms with Gasteiger partial charge in [-0.15, -0.1) is 0 Å². The molecule has 4 rings (SSSR count). The Kier molecular flexibility index (Phi) is 3.65. The number of hydrogen-bond acceptors (Lipinski definition) is 4. The molecule has 0 aliphatic carbocycles. The molecular formula is C20H14N2O4. The summed E-state index contributed by atoms with van der Waals surface area (Å²) in [5.74, 6) is 1.05. The van der Waals surface area contributed by atoms with Crippen LogP contribution >= 0.6 is 0 Å². The monoisotopic (exact) mass is 346 g/mol. The minimum Gasteiger partial charge on any atom is -0.457 e. The molecule has 0 spiro atoms. The number of nitro benzene ring substituents is 1. The SMILES string of the molecule is CN1C(=O)C(=Cc2ccc(-c3ccc([N+](=O)[O-])cc3)o2)c2ccccc21. The van der Waals surface area contributed by atoms with Crippen molar-refractivity contribution in [1.82, 2.24) is 0 Å². The number of fused-ring (bicyclic) bond motifs is 1. The molecule has 2 heterocycles. The van der Waals surface area contributed by atoms with E-state index in [1.807, 2.05) is 24.3 Å². The van der Waals surface area contributed by atoms with Crippen molar-refractivity contribution in [3.63, 3.8) is 0 Å². The van der Waals surface area contributed by atoms with Crippen LogP contribution < -0.4 is 4.90 Å². The Labute approximate surface area is 149 Å². The topological polar surface area (TPSA) is 76.6 Å². The third kappa shape index (κ3) is 2.57. The molecule has 0 N–H and O–H groups in total. The number of nitrogens with zero attached hydrogens (tertiary/aromatic N) is 2. The van der Waals surface area contributed by atoms with Crippen molar-refractivity contribution in [2.45, 2.75) is 0 Å². The maximum Gasteiger partial charge on any atom is 0.269 e. The number of carbonyl (C=O) groups is 1. The number of hydrogen-bond donors (Lipinski definition) is 0. The van der Waals surface area contributed by atoms with Crippen LogP contribution in [0.5, 0.6) is 0 Å². The standard InChI is InChI=1S/C20H14N2O4/c1-21-18-5-3-2-4-16(18)17(20(21)23)12-15-10-11-19(26-15)13-6-8-14(9-7-13)22(24)25/h2-12H,1H3. The molecule has 0 saturated carbocycles. The Balaban J connectivity index is 1.68. The van der Waals surface area contributed by atoms with Crippen LogP contribution in [-0.2, 0) is 4.79 Å². The van der Waals surface area contributed by atoms with Crippen LogP contribution in [0.2, 0.25) is 0 Å². The van der Waals surface area contributed by atoms with E-state index in [2.05, 4.69) is 0 Å². The summed E-state index contributed by atoms with van der Waals surface area (Å²) >= 11 is 0. The third-order valence-corrected chi connectivity index (χ3v) is 4.37. The zero-order valence-corrected chi connectivity index (χ0v) is 13.9. The van der Waals surface area contributed by atoms with Crippen molar-refractivity contribution in [3.05, 3.63) is 82.1 Å². The maximum atomic E-state index is 12.5. The zero-order chi connectivity index (χ0) is 18.3. The zero-order valence-electron chi connectivity index (χ0n) is 13.9. The molecule has 0 atom stereocenters. The first-order valence-corrected chi connectivity index (χ1v) is 7.98. The summed E-state index contributed by atoms with van der Waals surface area (Å²) in [7, 11) is 1.74. The molecule has 1 amide bonds. The molecule has 1 aromatic heterocycles. The van der Waals surface area contributed by atoms with Crippen LogP contribution in [0.25, 0.3) is 23.0 Å². The van der Waals surface area contributed by atoms with Gasteiger partial charge in [0.15, 0.2) is 0 Å². The molecule has 2 aromatic carbocycles. The number of non-ortho nitro benzene ring substituents is 1. The van der Waals surface area contributed by atoms with E-state index in [1.54, 1.807) is 42.3 Å². The lowest BCUT2D eigenvalue weighted by Gasteiger charge is -2.07. The van der Waals surface area contributed by atoms with Crippen molar-refractivity contribution in [1.29, 1.82) is 0 Å². The molecule has 128 valence electrons. The molecule has 6 heteroatoms. The van der Waals surface area contributed by atoms with E-state index < -0.39 is 4.92 Å². The minimum atomic E-state index is -0.443. The molecule has 6 nitrogen and oxygen atoms in total. The number of para-hydroxylation sites is 1. The summed E-state index contributed by atoms with van der Waals surface area (Å²) in [6.07, 6.45) is 1.72. The van der Waals surface area contributed by atoms with Crippen molar-refractivity contribution >= 4 is 28.9 Å². The Morgan fingerprint density at radius 2 is 1.77 bits per heavy atom. The van der Waals surface area contributed by atoms with E-state index in [9.17, 15) is 14.9 Å². The van der Waals surface area contributed by atoms with Gasteiger partial charge in [0.25, 0.3) is 11.6 Å². The van der Waals surface area contributed by atoms with E-state index in [0.29, 0.717) is 17.1 Å². The molecule has 0 fully saturated rings. The van der Waals surface area contributed by atoms with Crippen molar-refractivity contribution in [2.24, 2.45) is 0 Å². The number of likely N-dealkylation sites (N-methyl/N-ethyl adjacent to an activating group) is 1. The normalized spacial score (nSPS) is 14.7. The van der Waals surface area contributed by atoms with Crippen LogP contribution in [0.15, 0.2) is 65.1 Å². The fourth-order valence-electron chi connectivity index (χ4n) is 3.01. The quantitative estimate of drug-likeness (QED) is 0.401. The van der Waals surface area contributed by atoms with Gasteiger partial charge in [-0.25, -0.2) is 0 Å². The molecule has 3 aromatic rings. The largest absolute Gasteiger partial charge is 0.457 e. The van der Waals surface area contributed by atoms with Crippen LogP contribution in [0, 0.1) is 10.1 Å². The van der Waals surface area contributed by atoms with E-state index in [4.69, 9.17) is 4.42 Å². The van der Waals surface area contributed by atoms with E-state index in [1.165, 1.54) is 12.1 Å². The lowest BCUT2D eigenvalue weighted by Crippen LogP contribution is -2.20. The summed E-state index contributed by atoms with van der Waals surface area (Å²) in [5.41, 5.74) is 3.07. The smallest absolute Gasteiger partial charge is 0.269 e. The summed E-state index contributed by atoms with van der Waals surface area (Å²) in [6.45, 7) is 0. The molecule has 1 aliphatic rings. The van der Waals surface area contributed by atoms with Gasteiger partial charge in [-0.1, -0.05) is 18.2 Å². The first kappa shape index (κ1) is 15.8. The number of nitro groups is 1. The predicted molar refractivity (Wildman–Crippen MR) is 98.5 cm³/mol. The summed E-state index contributed by atoms with van der Waals surface area (Å²) in [6, 6.07) is 17.3. The maximum absolute atomic E-state index is 12.5. The second-order valence-electron chi connectivity index (χ2n) is 5.95. The highest BCUT2D eigenvalue weighted by atomic mass is 16.6. The number of furan rings is 1. The van der Waals surface area contributed by atoms with Gasteiger partial charge in [-0.05, 0) is 36.4 Å². The Morgan fingerprint density at radius 3 is 2.50 bits per heavy atom. The Morgan fingerprint density at radius 1 is 1.04 bits per heavy atom. The molecular weight excluding hydrogens is 332 g/mol. The predicted octanol–water partition coefficient (Wildman–Crippen LogP) is 4.37. The van der Waals surface area contributed by atoms with Crippen LogP contribution in [0.1, 0.15) is 11.3 Å². The van der Waals surface area contributed by atoms with Crippen molar-refractivity contribution < 1.29 is 14.1 Å². The molecule has 0 bridgehead atoms. The summed E-state index contributed by atoms with van der Waals surface area (Å²) in [5, 5.41) is 10.7. The highest BCUT2D eigenvalue weighted by Gasteiger charge is 2.29. The first-order valence-electron chi connectivity index (χ1n) is 7.98. The van der Waals surface area contributed by atoms with Gasteiger partial charge in [0.1, 0.15) is 11.5 Å². The molecule has 0 unspecified atom stereocenters. The van der Waals surface area contributed by atoms with Crippen molar-refractivity contribution in [2.75, 3.05) is 11.9 Å². The minimum absolute atomic E-state index is 0.0267. The van der Waals surface area contributed by atoms with Gasteiger partial charge in [0.05, 0.1) is 16.2 Å². The number of rotatable bonds is 3. The van der Waals surface area contributed by atoms with Gasteiger partial charge in [0, 0.05) is 30.3 Å².